The number of rotatable bonds is 8. The second-order valence-electron chi connectivity index (χ2n) is 4.45. The molecule has 0 bridgehead atoms. The van der Waals surface area contributed by atoms with Gasteiger partial charge in [0, 0.05) is 18.0 Å². The first kappa shape index (κ1) is 14.9. The highest BCUT2D eigenvalue weighted by atomic mass is 16.5. The molecule has 0 spiro atoms. The fourth-order valence-corrected chi connectivity index (χ4v) is 1.90. The molecule has 0 saturated carbocycles. The molecule has 1 aromatic heterocycles. The van der Waals surface area contributed by atoms with Crippen LogP contribution >= 0.6 is 0 Å². The van der Waals surface area contributed by atoms with Crippen LogP contribution in [0.5, 0.6) is 5.88 Å². The minimum absolute atomic E-state index is 0.480. The zero-order valence-electron chi connectivity index (χ0n) is 12.0. The van der Waals surface area contributed by atoms with Gasteiger partial charge in [0.25, 0.3) is 0 Å². The zero-order valence-corrected chi connectivity index (χ0v) is 12.0. The smallest absolute Gasteiger partial charge is 0.219 e. The van der Waals surface area contributed by atoms with Crippen LogP contribution in [0.1, 0.15) is 44.9 Å². The summed E-state index contributed by atoms with van der Waals surface area (Å²) in [5.74, 6) is 0.716. The summed E-state index contributed by atoms with van der Waals surface area (Å²) in [6.07, 6.45) is 4.79. The molecule has 18 heavy (non-hydrogen) atoms. The minimum Gasteiger partial charge on any atom is -0.478 e. The zero-order chi connectivity index (χ0) is 13.4. The summed E-state index contributed by atoms with van der Waals surface area (Å²) in [6, 6.07) is 0.480. The Bertz CT molecular complexity index is 355. The summed E-state index contributed by atoms with van der Waals surface area (Å²) in [5, 5.41) is 3.55. The SMILES string of the molecule is CCCNC(CC)Cc1ncnc(OCC)c1C. The maximum Gasteiger partial charge on any atom is 0.219 e. The lowest BCUT2D eigenvalue weighted by molar-refractivity contribution is 0.322. The standard InChI is InChI=1S/C14H25N3O/c1-5-8-15-12(6-2)9-13-11(4)14(18-7-3)17-10-16-13/h10,12,15H,5-9H2,1-4H3. The summed E-state index contributed by atoms with van der Waals surface area (Å²) >= 11 is 0. The quantitative estimate of drug-likeness (QED) is 0.771. The Hall–Kier alpha value is -1.16. The van der Waals surface area contributed by atoms with Gasteiger partial charge in [0.15, 0.2) is 0 Å². The first-order valence-electron chi connectivity index (χ1n) is 6.89. The maximum absolute atomic E-state index is 5.50. The molecule has 4 heteroatoms. The highest BCUT2D eigenvalue weighted by molar-refractivity contribution is 5.28. The molecular weight excluding hydrogens is 226 g/mol. The van der Waals surface area contributed by atoms with E-state index >= 15 is 0 Å². The van der Waals surface area contributed by atoms with E-state index in [1.807, 2.05) is 13.8 Å². The predicted molar refractivity (Wildman–Crippen MR) is 74.0 cm³/mol. The molecule has 0 saturated heterocycles. The molecule has 1 rings (SSSR count). The Morgan fingerprint density at radius 1 is 1.28 bits per heavy atom. The average molecular weight is 251 g/mol. The third-order valence-electron chi connectivity index (χ3n) is 3.04. The molecule has 0 amide bonds. The van der Waals surface area contributed by atoms with E-state index < -0.39 is 0 Å². The van der Waals surface area contributed by atoms with E-state index in [4.69, 9.17) is 4.74 Å². The van der Waals surface area contributed by atoms with E-state index in [9.17, 15) is 0 Å². The van der Waals surface area contributed by atoms with Gasteiger partial charge in [0.2, 0.25) is 5.88 Å². The molecular formula is C14H25N3O. The Labute approximate surface area is 110 Å². The lowest BCUT2D eigenvalue weighted by Gasteiger charge is -2.17. The van der Waals surface area contributed by atoms with Crippen molar-refractivity contribution in [3.8, 4) is 5.88 Å². The summed E-state index contributed by atoms with van der Waals surface area (Å²) in [5.41, 5.74) is 2.15. The largest absolute Gasteiger partial charge is 0.478 e. The maximum atomic E-state index is 5.50. The third-order valence-corrected chi connectivity index (χ3v) is 3.04. The summed E-state index contributed by atoms with van der Waals surface area (Å²) in [4.78, 5) is 8.56. The summed E-state index contributed by atoms with van der Waals surface area (Å²) < 4.78 is 5.50. The molecule has 1 heterocycles. The van der Waals surface area contributed by atoms with Gasteiger partial charge in [-0.25, -0.2) is 9.97 Å². The van der Waals surface area contributed by atoms with Crippen molar-refractivity contribution in [2.45, 2.75) is 53.0 Å². The molecule has 1 N–H and O–H groups in total. The van der Waals surface area contributed by atoms with Crippen LogP contribution in [-0.2, 0) is 6.42 Å². The van der Waals surface area contributed by atoms with Gasteiger partial charge >= 0.3 is 0 Å². The molecule has 0 aliphatic heterocycles. The van der Waals surface area contributed by atoms with E-state index in [1.165, 1.54) is 0 Å². The first-order valence-corrected chi connectivity index (χ1v) is 6.89. The van der Waals surface area contributed by atoms with Crippen molar-refractivity contribution in [1.29, 1.82) is 0 Å². The number of ether oxygens (including phenoxy) is 1. The monoisotopic (exact) mass is 251 g/mol. The van der Waals surface area contributed by atoms with Gasteiger partial charge in [-0.3, -0.25) is 0 Å². The molecule has 4 nitrogen and oxygen atoms in total. The van der Waals surface area contributed by atoms with Crippen LogP contribution in [0.3, 0.4) is 0 Å². The molecule has 0 aromatic carbocycles. The summed E-state index contributed by atoms with van der Waals surface area (Å²) in [6.45, 7) is 10.1. The van der Waals surface area contributed by atoms with Gasteiger partial charge < -0.3 is 10.1 Å². The predicted octanol–water partition coefficient (Wildman–Crippen LogP) is 2.50. The van der Waals surface area contributed by atoms with Crippen molar-refractivity contribution >= 4 is 0 Å². The lowest BCUT2D eigenvalue weighted by Crippen LogP contribution is -2.31. The molecule has 0 fully saturated rings. The first-order chi connectivity index (χ1) is 8.72. The van der Waals surface area contributed by atoms with Crippen molar-refractivity contribution in [3.63, 3.8) is 0 Å². The lowest BCUT2D eigenvalue weighted by atomic mass is 10.1. The van der Waals surface area contributed by atoms with E-state index in [0.717, 1.165) is 37.1 Å². The Morgan fingerprint density at radius 3 is 2.67 bits per heavy atom. The van der Waals surface area contributed by atoms with Crippen molar-refractivity contribution < 1.29 is 4.74 Å². The van der Waals surface area contributed by atoms with Gasteiger partial charge in [-0.15, -0.1) is 0 Å². The molecule has 0 aliphatic rings. The number of hydrogen-bond donors (Lipinski definition) is 1. The highest BCUT2D eigenvalue weighted by Gasteiger charge is 2.12. The molecule has 0 radical (unpaired) electrons. The minimum atomic E-state index is 0.480. The number of hydrogen-bond acceptors (Lipinski definition) is 4. The van der Waals surface area contributed by atoms with Crippen LogP contribution in [0.4, 0.5) is 0 Å². The fraction of sp³-hybridized carbons (Fsp3) is 0.714. The van der Waals surface area contributed by atoms with Gasteiger partial charge in [-0.05, 0) is 33.2 Å². The molecule has 1 unspecified atom stereocenters. The van der Waals surface area contributed by atoms with Crippen molar-refractivity contribution in [1.82, 2.24) is 15.3 Å². The second kappa shape index (κ2) is 8.03. The van der Waals surface area contributed by atoms with Gasteiger partial charge in [-0.2, -0.15) is 0 Å². The van der Waals surface area contributed by atoms with Crippen LogP contribution in [0, 0.1) is 6.92 Å². The van der Waals surface area contributed by atoms with Crippen molar-refractivity contribution in [2.75, 3.05) is 13.2 Å². The van der Waals surface area contributed by atoms with Crippen LogP contribution in [0.15, 0.2) is 6.33 Å². The van der Waals surface area contributed by atoms with Crippen LogP contribution in [0.25, 0.3) is 0 Å². The van der Waals surface area contributed by atoms with Crippen LogP contribution in [0.2, 0.25) is 0 Å². The Kier molecular flexibility index (Phi) is 6.65. The van der Waals surface area contributed by atoms with Crippen LogP contribution < -0.4 is 10.1 Å². The number of nitrogens with one attached hydrogen (secondary N) is 1. The van der Waals surface area contributed by atoms with Gasteiger partial charge in [0.05, 0.1) is 12.3 Å². The number of nitrogens with zero attached hydrogens (tertiary/aromatic N) is 2. The van der Waals surface area contributed by atoms with E-state index in [0.29, 0.717) is 18.5 Å². The average Bonchev–Trinajstić information content (AvgIpc) is 2.39. The third kappa shape index (κ3) is 4.26. The van der Waals surface area contributed by atoms with Crippen molar-refractivity contribution in [3.05, 3.63) is 17.6 Å². The normalized spacial score (nSPS) is 12.4. The highest BCUT2D eigenvalue weighted by Crippen LogP contribution is 2.18. The molecule has 0 aliphatic carbocycles. The van der Waals surface area contributed by atoms with Crippen LogP contribution in [-0.4, -0.2) is 29.2 Å². The second-order valence-corrected chi connectivity index (χ2v) is 4.45. The fourth-order valence-electron chi connectivity index (χ4n) is 1.90. The van der Waals surface area contributed by atoms with E-state index in [2.05, 4.69) is 29.1 Å². The topological polar surface area (TPSA) is 47.0 Å². The molecule has 1 aromatic rings. The van der Waals surface area contributed by atoms with Gasteiger partial charge in [0.1, 0.15) is 6.33 Å². The molecule has 102 valence electrons. The number of aromatic nitrogens is 2. The van der Waals surface area contributed by atoms with E-state index in [1.54, 1.807) is 6.33 Å². The Balaban J connectivity index is 2.73. The van der Waals surface area contributed by atoms with Gasteiger partial charge in [-0.1, -0.05) is 13.8 Å². The summed E-state index contributed by atoms with van der Waals surface area (Å²) in [7, 11) is 0. The molecule has 1 atom stereocenters. The van der Waals surface area contributed by atoms with E-state index in [-0.39, 0.29) is 0 Å². The van der Waals surface area contributed by atoms with Crippen molar-refractivity contribution in [2.24, 2.45) is 0 Å². The Morgan fingerprint density at radius 2 is 2.06 bits per heavy atom.